The van der Waals surface area contributed by atoms with Crippen molar-refractivity contribution in [3.63, 3.8) is 0 Å². The van der Waals surface area contributed by atoms with Crippen molar-refractivity contribution >= 4 is 15.9 Å². The molecule has 2 unspecified atom stereocenters. The molecule has 0 aliphatic carbocycles. The molecule has 0 fully saturated rings. The minimum Gasteiger partial charge on any atom is -0.393 e. The van der Waals surface area contributed by atoms with Crippen LogP contribution < -0.4 is 0 Å². The first kappa shape index (κ1) is 11.6. The minimum atomic E-state index is -0.784. The molecule has 0 spiro atoms. The Labute approximate surface area is 89.9 Å². The third kappa shape index (κ3) is 2.12. The Morgan fingerprint density at radius 3 is 2.36 bits per heavy atom. The second-order valence-electron chi connectivity index (χ2n) is 3.29. The summed E-state index contributed by atoms with van der Waals surface area (Å²) in [5.74, 6) is -1.83. The fourth-order valence-corrected chi connectivity index (χ4v) is 1.55. The highest BCUT2D eigenvalue weighted by Crippen LogP contribution is 2.29. The fraction of sp³-hybridized carbons (Fsp3) is 0.400. The lowest BCUT2D eigenvalue weighted by molar-refractivity contribution is 0.165. The van der Waals surface area contributed by atoms with Gasteiger partial charge in [0, 0.05) is 11.5 Å². The summed E-state index contributed by atoms with van der Waals surface area (Å²) < 4.78 is 27.0. The molecule has 0 radical (unpaired) electrons. The molecule has 0 aliphatic rings. The molecular formula is C10H11BrF2O. The van der Waals surface area contributed by atoms with E-state index in [0.29, 0.717) is 0 Å². The smallest absolute Gasteiger partial charge is 0.143 e. The van der Waals surface area contributed by atoms with E-state index < -0.39 is 23.7 Å². The average molecular weight is 265 g/mol. The van der Waals surface area contributed by atoms with Crippen LogP contribution in [0.1, 0.15) is 25.3 Å². The number of hydrogen-bond acceptors (Lipinski definition) is 1. The standard InChI is InChI=1S/C10H11BrF2O/c1-5(6(2)14)9-8(12)4-3-7(11)10(9)13/h3-6,14H,1-2H3. The molecule has 0 aliphatic heterocycles. The van der Waals surface area contributed by atoms with Crippen LogP contribution in [-0.4, -0.2) is 11.2 Å². The molecule has 1 nitrogen and oxygen atoms in total. The lowest BCUT2D eigenvalue weighted by atomic mass is 9.95. The van der Waals surface area contributed by atoms with Gasteiger partial charge in [0.05, 0.1) is 10.6 Å². The summed E-state index contributed by atoms with van der Waals surface area (Å²) in [5.41, 5.74) is -0.0747. The van der Waals surface area contributed by atoms with E-state index in [0.717, 1.165) is 0 Å². The first-order valence-corrected chi connectivity index (χ1v) is 5.06. The Bertz CT molecular complexity index is 339. The molecule has 14 heavy (non-hydrogen) atoms. The van der Waals surface area contributed by atoms with Crippen LogP contribution in [0.3, 0.4) is 0 Å². The predicted molar refractivity (Wildman–Crippen MR) is 54.2 cm³/mol. The van der Waals surface area contributed by atoms with Crippen LogP contribution in [-0.2, 0) is 0 Å². The van der Waals surface area contributed by atoms with E-state index in [4.69, 9.17) is 0 Å². The maximum Gasteiger partial charge on any atom is 0.143 e. The topological polar surface area (TPSA) is 20.2 Å². The Balaban J connectivity index is 3.25. The highest BCUT2D eigenvalue weighted by atomic mass is 79.9. The normalized spacial score (nSPS) is 15.3. The molecule has 1 aromatic rings. The third-order valence-electron chi connectivity index (χ3n) is 2.26. The van der Waals surface area contributed by atoms with Crippen molar-refractivity contribution in [2.24, 2.45) is 0 Å². The summed E-state index contributed by atoms with van der Waals surface area (Å²) in [6.45, 7) is 3.09. The van der Waals surface area contributed by atoms with Gasteiger partial charge in [0.1, 0.15) is 11.6 Å². The van der Waals surface area contributed by atoms with E-state index in [9.17, 15) is 13.9 Å². The molecule has 0 bridgehead atoms. The Hall–Kier alpha value is -0.480. The van der Waals surface area contributed by atoms with Gasteiger partial charge in [0.2, 0.25) is 0 Å². The average Bonchev–Trinajstić information content (AvgIpc) is 2.12. The van der Waals surface area contributed by atoms with Gasteiger partial charge in [0.15, 0.2) is 0 Å². The summed E-state index contributed by atoms with van der Waals surface area (Å²) in [5, 5.41) is 9.27. The zero-order valence-electron chi connectivity index (χ0n) is 7.89. The van der Waals surface area contributed by atoms with Gasteiger partial charge < -0.3 is 5.11 Å². The maximum atomic E-state index is 13.5. The largest absolute Gasteiger partial charge is 0.393 e. The molecule has 2 atom stereocenters. The lowest BCUT2D eigenvalue weighted by Crippen LogP contribution is -2.14. The quantitative estimate of drug-likeness (QED) is 0.814. The highest BCUT2D eigenvalue weighted by molar-refractivity contribution is 9.10. The van der Waals surface area contributed by atoms with Crippen molar-refractivity contribution in [2.75, 3.05) is 0 Å². The molecular weight excluding hydrogens is 254 g/mol. The Morgan fingerprint density at radius 1 is 1.29 bits per heavy atom. The van der Waals surface area contributed by atoms with Crippen molar-refractivity contribution in [3.8, 4) is 0 Å². The van der Waals surface area contributed by atoms with Crippen LogP contribution in [0.5, 0.6) is 0 Å². The minimum absolute atomic E-state index is 0.0747. The van der Waals surface area contributed by atoms with Crippen LogP contribution >= 0.6 is 15.9 Å². The van der Waals surface area contributed by atoms with Gasteiger partial charge in [0.25, 0.3) is 0 Å². The number of hydrogen-bond donors (Lipinski definition) is 1. The van der Waals surface area contributed by atoms with E-state index in [1.165, 1.54) is 19.1 Å². The van der Waals surface area contributed by atoms with E-state index in [-0.39, 0.29) is 10.0 Å². The fourth-order valence-electron chi connectivity index (χ4n) is 1.20. The second-order valence-corrected chi connectivity index (χ2v) is 4.14. The first-order valence-electron chi connectivity index (χ1n) is 4.26. The summed E-state index contributed by atoms with van der Waals surface area (Å²) >= 11 is 2.97. The van der Waals surface area contributed by atoms with Gasteiger partial charge in [-0.15, -0.1) is 0 Å². The molecule has 1 N–H and O–H groups in total. The zero-order valence-corrected chi connectivity index (χ0v) is 9.48. The Morgan fingerprint density at radius 2 is 1.86 bits per heavy atom. The van der Waals surface area contributed by atoms with Gasteiger partial charge in [-0.3, -0.25) is 0 Å². The number of aliphatic hydroxyl groups is 1. The van der Waals surface area contributed by atoms with Gasteiger partial charge in [-0.25, -0.2) is 8.78 Å². The Kier molecular flexibility index (Phi) is 3.61. The highest BCUT2D eigenvalue weighted by Gasteiger charge is 2.21. The third-order valence-corrected chi connectivity index (χ3v) is 2.87. The van der Waals surface area contributed by atoms with Crippen molar-refractivity contribution in [3.05, 3.63) is 33.8 Å². The number of aliphatic hydroxyl groups excluding tert-OH is 1. The molecule has 0 amide bonds. The van der Waals surface area contributed by atoms with Crippen molar-refractivity contribution in [2.45, 2.75) is 25.9 Å². The van der Waals surface area contributed by atoms with Gasteiger partial charge in [-0.05, 0) is 35.0 Å². The van der Waals surface area contributed by atoms with E-state index >= 15 is 0 Å². The van der Waals surface area contributed by atoms with E-state index in [1.54, 1.807) is 6.92 Å². The van der Waals surface area contributed by atoms with Crippen molar-refractivity contribution in [1.29, 1.82) is 0 Å². The molecule has 0 saturated heterocycles. The lowest BCUT2D eigenvalue weighted by Gasteiger charge is -2.17. The molecule has 78 valence electrons. The summed E-state index contributed by atoms with van der Waals surface area (Å²) in [7, 11) is 0. The molecule has 4 heteroatoms. The van der Waals surface area contributed by atoms with Crippen molar-refractivity contribution < 1.29 is 13.9 Å². The number of rotatable bonds is 2. The molecule has 1 rings (SSSR count). The van der Waals surface area contributed by atoms with Crippen LogP contribution in [0, 0.1) is 11.6 Å². The van der Waals surface area contributed by atoms with Crippen LogP contribution in [0.4, 0.5) is 8.78 Å². The van der Waals surface area contributed by atoms with Gasteiger partial charge in [-0.2, -0.15) is 0 Å². The van der Waals surface area contributed by atoms with Gasteiger partial charge >= 0.3 is 0 Å². The van der Waals surface area contributed by atoms with Gasteiger partial charge in [-0.1, -0.05) is 6.92 Å². The van der Waals surface area contributed by atoms with E-state index in [1.807, 2.05) is 0 Å². The predicted octanol–water partition coefficient (Wildman–Crippen LogP) is 3.21. The monoisotopic (exact) mass is 264 g/mol. The maximum absolute atomic E-state index is 13.5. The SMILES string of the molecule is CC(O)C(C)c1c(F)ccc(Br)c1F. The van der Waals surface area contributed by atoms with Crippen molar-refractivity contribution in [1.82, 2.24) is 0 Å². The number of benzene rings is 1. The first-order chi connectivity index (χ1) is 6.45. The second kappa shape index (κ2) is 4.36. The summed E-state index contributed by atoms with van der Waals surface area (Å²) in [6.07, 6.45) is -0.784. The summed E-state index contributed by atoms with van der Waals surface area (Å²) in [6, 6.07) is 2.49. The van der Waals surface area contributed by atoms with E-state index in [2.05, 4.69) is 15.9 Å². The summed E-state index contributed by atoms with van der Waals surface area (Å²) in [4.78, 5) is 0. The zero-order chi connectivity index (χ0) is 10.9. The van der Waals surface area contributed by atoms with Crippen LogP contribution in [0.2, 0.25) is 0 Å². The number of halogens is 3. The van der Waals surface area contributed by atoms with Crippen LogP contribution in [0.15, 0.2) is 16.6 Å². The molecule has 0 aromatic heterocycles. The van der Waals surface area contributed by atoms with Crippen LogP contribution in [0.25, 0.3) is 0 Å². The molecule has 1 aromatic carbocycles. The molecule has 0 heterocycles. The molecule has 0 saturated carbocycles.